The molecule has 3 aromatic rings. The molecule has 1 aromatic carbocycles. The van der Waals surface area contributed by atoms with E-state index in [0.717, 1.165) is 18.2 Å². The minimum atomic E-state index is -0.394. The second kappa shape index (κ2) is 9.82. The minimum absolute atomic E-state index is 0.0111. The summed E-state index contributed by atoms with van der Waals surface area (Å²) in [5.74, 6) is 0.769. The number of fused-ring (bicyclic) bond motifs is 1. The van der Waals surface area contributed by atoms with Gasteiger partial charge in [-0.25, -0.2) is 4.98 Å². The van der Waals surface area contributed by atoms with Crippen molar-refractivity contribution in [2.75, 3.05) is 51.9 Å². The SMILES string of the molecule is COc1cc2nn(CC(=O)N3CCOCC3)cc2cc1NC(=O)c1coc(C2CCOCC2)n1. The Bertz CT molecular complexity index is 1180. The van der Waals surface area contributed by atoms with E-state index in [-0.39, 0.29) is 24.1 Å². The highest BCUT2D eigenvalue weighted by Gasteiger charge is 2.23. The van der Waals surface area contributed by atoms with Crippen molar-refractivity contribution in [2.24, 2.45) is 0 Å². The van der Waals surface area contributed by atoms with Crippen LogP contribution in [0, 0.1) is 0 Å². The van der Waals surface area contributed by atoms with E-state index in [0.29, 0.717) is 62.4 Å². The van der Waals surface area contributed by atoms with Crippen molar-refractivity contribution < 1.29 is 28.2 Å². The number of carbonyl (C=O) groups excluding carboxylic acids is 2. The van der Waals surface area contributed by atoms with Crippen LogP contribution in [0.4, 0.5) is 5.69 Å². The van der Waals surface area contributed by atoms with Crippen LogP contribution in [0.15, 0.2) is 29.0 Å². The zero-order valence-corrected chi connectivity index (χ0v) is 19.0. The number of anilines is 1. The molecule has 0 spiro atoms. The van der Waals surface area contributed by atoms with Crippen LogP contribution in [0.25, 0.3) is 10.9 Å². The number of morpholine rings is 1. The predicted octanol–water partition coefficient (Wildman–Crippen LogP) is 2.04. The third kappa shape index (κ3) is 4.75. The molecule has 0 saturated carbocycles. The largest absolute Gasteiger partial charge is 0.494 e. The molecular weight excluding hydrogens is 442 g/mol. The molecule has 1 N–H and O–H groups in total. The number of hydrogen-bond acceptors (Lipinski definition) is 8. The van der Waals surface area contributed by atoms with Crippen LogP contribution in [0.3, 0.4) is 0 Å². The van der Waals surface area contributed by atoms with Crippen molar-refractivity contribution in [3.63, 3.8) is 0 Å². The number of aromatic nitrogens is 3. The van der Waals surface area contributed by atoms with E-state index in [1.165, 1.54) is 13.4 Å². The maximum absolute atomic E-state index is 12.8. The number of rotatable bonds is 6. The molecule has 2 aliphatic heterocycles. The molecule has 2 aliphatic rings. The van der Waals surface area contributed by atoms with Crippen molar-refractivity contribution in [2.45, 2.75) is 25.3 Å². The summed E-state index contributed by atoms with van der Waals surface area (Å²) in [6, 6.07) is 3.51. The highest BCUT2D eigenvalue weighted by molar-refractivity contribution is 6.04. The van der Waals surface area contributed by atoms with Crippen molar-refractivity contribution in [1.82, 2.24) is 19.7 Å². The average Bonchev–Trinajstić information content (AvgIpc) is 3.51. The smallest absolute Gasteiger partial charge is 0.277 e. The van der Waals surface area contributed by atoms with Gasteiger partial charge in [-0.05, 0) is 18.9 Å². The zero-order valence-electron chi connectivity index (χ0n) is 19.0. The van der Waals surface area contributed by atoms with Gasteiger partial charge >= 0.3 is 0 Å². The second-order valence-electron chi connectivity index (χ2n) is 8.34. The minimum Gasteiger partial charge on any atom is -0.494 e. The molecular formula is C23H27N5O6. The Morgan fingerprint density at radius 2 is 1.91 bits per heavy atom. The monoisotopic (exact) mass is 469 g/mol. The Kier molecular flexibility index (Phi) is 6.45. The summed E-state index contributed by atoms with van der Waals surface area (Å²) in [4.78, 5) is 31.6. The highest BCUT2D eigenvalue weighted by Crippen LogP contribution is 2.31. The first kappa shape index (κ1) is 22.4. The topological polar surface area (TPSA) is 121 Å². The number of carbonyl (C=O) groups is 2. The van der Waals surface area contributed by atoms with E-state index in [9.17, 15) is 9.59 Å². The summed E-state index contributed by atoms with van der Waals surface area (Å²) in [5.41, 5.74) is 1.35. The van der Waals surface area contributed by atoms with Crippen LogP contribution >= 0.6 is 0 Å². The van der Waals surface area contributed by atoms with Gasteiger partial charge in [-0.1, -0.05) is 0 Å². The summed E-state index contributed by atoms with van der Waals surface area (Å²) in [6.07, 6.45) is 4.80. The Morgan fingerprint density at radius 3 is 2.68 bits per heavy atom. The Morgan fingerprint density at radius 1 is 1.15 bits per heavy atom. The normalized spacial score (nSPS) is 17.1. The van der Waals surface area contributed by atoms with E-state index in [4.69, 9.17) is 18.6 Å². The Hall–Kier alpha value is -3.44. The lowest BCUT2D eigenvalue weighted by atomic mass is 10.0. The third-order valence-corrected chi connectivity index (χ3v) is 6.11. The van der Waals surface area contributed by atoms with Gasteiger partial charge in [0, 0.05) is 49.9 Å². The van der Waals surface area contributed by atoms with Crippen LogP contribution in [0.5, 0.6) is 5.75 Å². The fourth-order valence-electron chi connectivity index (χ4n) is 4.21. The molecule has 2 aromatic heterocycles. The lowest BCUT2D eigenvalue weighted by molar-refractivity contribution is -0.136. The van der Waals surface area contributed by atoms with Gasteiger partial charge in [0.2, 0.25) is 5.91 Å². The van der Waals surface area contributed by atoms with Gasteiger partial charge in [0.05, 0.1) is 31.5 Å². The number of amides is 2. The van der Waals surface area contributed by atoms with E-state index in [1.807, 2.05) is 0 Å². The fourth-order valence-corrected chi connectivity index (χ4v) is 4.21. The molecule has 0 unspecified atom stereocenters. The van der Waals surface area contributed by atoms with Gasteiger partial charge in [0.15, 0.2) is 11.6 Å². The van der Waals surface area contributed by atoms with Crippen LogP contribution in [-0.2, 0) is 20.8 Å². The molecule has 0 radical (unpaired) electrons. The summed E-state index contributed by atoms with van der Waals surface area (Å²) in [7, 11) is 1.52. The Balaban J connectivity index is 1.31. The number of hydrogen-bond donors (Lipinski definition) is 1. The van der Waals surface area contributed by atoms with Crippen LogP contribution in [0.1, 0.15) is 35.1 Å². The second-order valence-corrected chi connectivity index (χ2v) is 8.34. The van der Waals surface area contributed by atoms with E-state index < -0.39 is 5.91 Å². The zero-order chi connectivity index (χ0) is 23.5. The van der Waals surface area contributed by atoms with E-state index >= 15 is 0 Å². The van der Waals surface area contributed by atoms with Crippen molar-refractivity contribution in [1.29, 1.82) is 0 Å². The van der Waals surface area contributed by atoms with Crippen LogP contribution < -0.4 is 10.1 Å². The molecule has 11 nitrogen and oxygen atoms in total. The first-order valence-electron chi connectivity index (χ1n) is 11.4. The molecule has 2 fully saturated rings. The number of nitrogens with one attached hydrogen (secondary N) is 1. The van der Waals surface area contributed by atoms with Gasteiger partial charge in [-0.2, -0.15) is 5.10 Å². The number of oxazole rings is 1. The molecule has 4 heterocycles. The van der Waals surface area contributed by atoms with Crippen LogP contribution in [-0.4, -0.2) is 78.1 Å². The third-order valence-electron chi connectivity index (χ3n) is 6.11. The van der Waals surface area contributed by atoms with Gasteiger partial charge < -0.3 is 28.8 Å². The predicted molar refractivity (Wildman–Crippen MR) is 121 cm³/mol. The maximum Gasteiger partial charge on any atom is 0.277 e. The van der Waals surface area contributed by atoms with E-state index in [1.54, 1.807) is 27.9 Å². The fraction of sp³-hybridized carbons (Fsp3) is 0.478. The van der Waals surface area contributed by atoms with Crippen molar-refractivity contribution in [3.05, 3.63) is 36.2 Å². The standard InChI is InChI=1S/C23H27N5O6/c1-31-20-11-17-16(12-28(26-17)13-21(29)27-4-8-33-9-5-27)10-18(20)24-22(30)19-14-34-23(25-19)15-2-6-32-7-3-15/h10-12,14-15H,2-9,13H2,1H3,(H,24,30). The average molecular weight is 469 g/mol. The van der Waals surface area contributed by atoms with Gasteiger partial charge in [-0.3, -0.25) is 14.3 Å². The van der Waals surface area contributed by atoms with Gasteiger partial charge in [0.25, 0.3) is 5.91 Å². The molecule has 11 heteroatoms. The maximum atomic E-state index is 12.8. The molecule has 180 valence electrons. The molecule has 2 saturated heterocycles. The molecule has 34 heavy (non-hydrogen) atoms. The number of nitrogens with zero attached hydrogens (tertiary/aromatic N) is 4. The van der Waals surface area contributed by atoms with Gasteiger partial charge in [0.1, 0.15) is 18.6 Å². The molecule has 0 aliphatic carbocycles. The quantitative estimate of drug-likeness (QED) is 0.582. The lowest BCUT2D eigenvalue weighted by Crippen LogP contribution is -2.42. The van der Waals surface area contributed by atoms with Crippen molar-refractivity contribution in [3.8, 4) is 5.75 Å². The first-order chi connectivity index (χ1) is 16.6. The molecule has 5 rings (SSSR count). The van der Waals surface area contributed by atoms with Crippen LogP contribution in [0.2, 0.25) is 0 Å². The summed E-state index contributed by atoms with van der Waals surface area (Å²) < 4.78 is 23.3. The number of methoxy groups -OCH3 is 1. The van der Waals surface area contributed by atoms with Gasteiger partial charge in [-0.15, -0.1) is 0 Å². The summed E-state index contributed by atoms with van der Waals surface area (Å²) >= 11 is 0. The van der Waals surface area contributed by atoms with Crippen molar-refractivity contribution >= 4 is 28.4 Å². The Labute approximate surface area is 195 Å². The number of ether oxygens (including phenoxy) is 3. The highest BCUT2D eigenvalue weighted by atomic mass is 16.5. The molecule has 0 bridgehead atoms. The lowest BCUT2D eigenvalue weighted by Gasteiger charge is -2.26. The molecule has 0 atom stereocenters. The summed E-state index contributed by atoms with van der Waals surface area (Å²) in [5, 5.41) is 8.12. The van der Waals surface area contributed by atoms with E-state index in [2.05, 4.69) is 15.4 Å². The first-order valence-corrected chi connectivity index (χ1v) is 11.4. The molecule has 2 amide bonds. The number of benzene rings is 1. The summed E-state index contributed by atoms with van der Waals surface area (Å²) in [6.45, 7) is 3.73.